The van der Waals surface area contributed by atoms with Crippen molar-refractivity contribution in [2.45, 2.75) is 164 Å². The maximum atomic E-state index is 12.4. The van der Waals surface area contributed by atoms with Gasteiger partial charge in [0.2, 0.25) is 0 Å². The second-order valence-electron chi connectivity index (χ2n) is 16.5. The number of ether oxygens (including phenoxy) is 4. The number of cyclic esters (lactones) is 1. The quantitative estimate of drug-likeness (QED) is 0.142. The van der Waals surface area contributed by atoms with Gasteiger partial charge in [0.1, 0.15) is 12.2 Å². The minimum Gasteiger partial charge on any atom is -0.481 e. The third kappa shape index (κ3) is 22.9. The monoisotopic (exact) mass is 895 g/mol. The lowest BCUT2D eigenvalue weighted by molar-refractivity contribution is -0.252. The van der Waals surface area contributed by atoms with E-state index in [2.05, 4.69) is 0 Å². The second-order valence-corrected chi connectivity index (χ2v) is 16.5. The number of allylic oxidation sites excluding steroid dienone is 12. The van der Waals surface area contributed by atoms with Crippen LogP contribution in [-0.4, -0.2) is 156 Å². The number of methoxy groups -OCH3 is 1. The minimum absolute atomic E-state index is 0.0525. The topological polar surface area (TPSA) is 299 Å². The van der Waals surface area contributed by atoms with Crippen LogP contribution in [0.15, 0.2) is 85.1 Å². The van der Waals surface area contributed by atoms with Crippen LogP contribution in [0.25, 0.3) is 0 Å². The molecule has 1 fully saturated rings. The molecule has 2 rings (SSSR count). The molecule has 0 aliphatic carbocycles. The highest BCUT2D eigenvalue weighted by molar-refractivity contribution is 5.70. The smallest absolute Gasteiger partial charge is 0.308 e. The number of esters is 1. The van der Waals surface area contributed by atoms with Gasteiger partial charge in [0.15, 0.2) is 12.1 Å². The van der Waals surface area contributed by atoms with Crippen LogP contribution in [0.3, 0.4) is 0 Å². The van der Waals surface area contributed by atoms with Crippen molar-refractivity contribution in [1.29, 1.82) is 0 Å². The van der Waals surface area contributed by atoms with Crippen molar-refractivity contribution in [3.8, 4) is 0 Å². The number of aliphatic hydroxyl groups is 9. The summed E-state index contributed by atoms with van der Waals surface area (Å²) in [5, 5.41) is 105. The van der Waals surface area contributed by atoms with Gasteiger partial charge in [-0.2, -0.15) is 0 Å². The summed E-state index contributed by atoms with van der Waals surface area (Å²) in [6, 6.07) is -1.03. The lowest BCUT2D eigenvalue weighted by Gasteiger charge is -2.37. The molecule has 2 heterocycles. The summed E-state index contributed by atoms with van der Waals surface area (Å²) in [5.41, 5.74) is 5.92. The summed E-state index contributed by atoms with van der Waals surface area (Å²) in [6.07, 6.45) is 10.8. The number of aliphatic carboxylic acids is 1. The molecule has 0 saturated carbocycles. The minimum atomic E-state index is -2.00. The molecule has 358 valence electrons. The summed E-state index contributed by atoms with van der Waals surface area (Å²) >= 11 is 0. The molecule has 0 amide bonds. The molecular formula is C46H73NO16. The van der Waals surface area contributed by atoms with Gasteiger partial charge >= 0.3 is 11.9 Å². The van der Waals surface area contributed by atoms with Crippen LogP contribution in [0.2, 0.25) is 0 Å². The molecule has 63 heavy (non-hydrogen) atoms. The number of aliphatic hydroxyl groups excluding tert-OH is 8. The molecule has 0 spiro atoms. The number of hydrogen-bond acceptors (Lipinski definition) is 16. The molecule has 0 bridgehead atoms. The van der Waals surface area contributed by atoms with Crippen LogP contribution < -0.4 is 5.73 Å². The lowest BCUT2D eigenvalue weighted by atomic mass is 9.90. The lowest BCUT2D eigenvalue weighted by Crippen LogP contribution is -2.58. The molecule has 17 heteroatoms. The third-order valence-corrected chi connectivity index (χ3v) is 11.0. The first-order valence-corrected chi connectivity index (χ1v) is 21.7. The van der Waals surface area contributed by atoms with E-state index in [4.69, 9.17) is 24.7 Å². The molecule has 15 atom stereocenters. The normalized spacial score (nSPS) is 41.3. The van der Waals surface area contributed by atoms with E-state index < -0.39 is 116 Å². The Balaban J connectivity index is 2.23. The molecule has 17 nitrogen and oxygen atoms in total. The number of rotatable bonds is 4. The van der Waals surface area contributed by atoms with Crippen molar-refractivity contribution in [2.75, 3.05) is 13.7 Å². The molecule has 10 unspecified atom stereocenters. The average Bonchev–Trinajstić information content (AvgIpc) is 3.21. The van der Waals surface area contributed by atoms with Gasteiger partial charge in [-0.25, -0.2) is 0 Å². The molecule has 2 aliphatic rings. The number of carboxylic acids is 1. The van der Waals surface area contributed by atoms with Crippen molar-refractivity contribution < 1.29 is 79.6 Å². The fraction of sp³-hybridized carbons (Fsp3) is 0.652. The fourth-order valence-electron chi connectivity index (χ4n) is 6.98. The first kappa shape index (κ1) is 55.7. The summed E-state index contributed by atoms with van der Waals surface area (Å²) in [6.45, 7) is 3.28. The van der Waals surface area contributed by atoms with Gasteiger partial charge in [-0.15, -0.1) is 0 Å². The van der Waals surface area contributed by atoms with Crippen molar-refractivity contribution in [3.05, 3.63) is 85.1 Å². The van der Waals surface area contributed by atoms with Gasteiger partial charge < -0.3 is 75.7 Å². The fourth-order valence-corrected chi connectivity index (χ4v) is 6.98. The van der Waals surface area contributed by atoms with Crippen LogP contribution >= 0.6 is 0 Å². The van der Waals surface area contributed by atoms with Gasteiger partial charge in [-0.05, 0) is 45.4 Å². The largest absolute Gasteiger partial charge is 0.481 e. The van der Waals surface area contributed by atoms with E-state index >= 15 is 0 Å². The molecule has 12 N–H and O–H groups in total. The Labute approximate surface area is 370 Å². The highest BCUT2D eigenvalue weighted by Gasteiger charge is 2.39. The Morgan fingerprint density at radius 1 is 0.698 bits per heavy atom. The van der Waals surface area contributed by atoms with E-state index in [1.807, 2.05) is 43.4 Å². The molecule has 1 saturated heterocycles. The van der Waals surface area contributed by atoms with Crippen molar-refractivity contribution in [2.24, 2.45) is 17.6 Å². The van der Waals surface area contributed by atoms with E-state index in [9.17, 15) is 60.7 Å². The van der Waals surface area contributed by atoms with Crippen LogP contribution in [-0.2, 0) is 28.5 Å². The van der Waals surface area contributed by atoms with Crippen LogP contribution in [0.4, 0.5) is 0 Å². The number of nitrogens with two attached hydrogens (primary N) is 1. The Kier molecular flexibility index (Phi) is 26.5. The Bertz CT molecular complexity index is 1530. The van der Waals surface area contributed by atoms with Gasteiger partial charge in [-0.1, -0.05) is 92.0 Å². The average molecular weight is 896 g/mol. The summed E-state index contributed by atoms with van der Waals surface area (Å²) in [5.74, 6) is -5.13. The molecule has 0 radical (unpaired) electrons. The summed E-state index contributed by atoms with van der Waals surface area (Å²) in [4.78, 5) is 24.8. The Morgan fingerprint density at radius 3 is 1.87 bits per heavy atom. The molecule has 2 aliphatic heterocycles. The maximum Gasteiger partial charge on any atom is 0.308 e. The van der Waals surface area contributed by atoms with E-state index in [1.54, 1.807) is 55.5 Å². The molecular weight excluding hydrogens is 822 g/mol. The maximum absolute atomic E-state index is 12.4. The van der Waals surface area contributed by atoms with Crippen molar-refractivity contribution in [3.63, 3.8) is 0 Å². The first-order chi connectivity index (χ1) is 29.8. The predicted molar refractivity (Wildman–Crippen MR) is 233 cm³/mol. The number of carbonyl (C=O) groups is 2. The number of carboxylic acid groups (broad SMARTS) is 1. The van der Waals surface area contributed by atoms with Gasteiger partial charge in [0.25, 0.3) is 0 Å². The summed E-state index contributed by atoms with van der Waals surface area (Å²) < 4.78 is 22.1. The Hall–Kier alpha value is -3.40. The zero-order chi connectivity index (χ0) is 47.0. The zero-order valence-corrected chi connectivity index (χ0v) is 36.7. The van der Waals surface area contributed by atoms with Crippen LogP contribution in [0, 0.1) is 11.8 Å². The van der Waals surface area contributed by atoms with E-state index in [0.717, 1.165) is 0 Å². The van der Waals surface area contributed by atoms with Gasteiger partial charge in [0, 0.05) is 38.7 Å². The summed E-state index contributed by atoms with van der Waals surface area (Å²) in [7, 11) is 1.19. The number of carbonyl (C=O) groups excluding carboxylic acids is 1. The standard InChI is InChI=1S/C46H73NO16/c1-30-16-14-12-10-8-6-4-5-7-9-11-13-15-17-36(63-45-43(56)42(47)40(54)29-61-45)20-18-32(44(57)58)22-23-46(59,60-3)28-35(50)26-39(53)37(51)21-19-33(48)25-34(49)27-41(55)62-31(2)24-38(30)52/h4-17,30-40,42-43,45,48-54,56,59H,18-29,47H2,1-3H3,(H,57,58)/b5-4+,8-6+,9-7+,12-10+,13-11+,16-14+,17-15+/t30-,31-,32-,33?,34?,35?,36?,37?,38?,39?,40+,42-,43?,45?,46?/m0/s1. The van der Waals surface area contributed by atoms with Crippen molar-refractivity contribution >= 4 is 11.9 Å². The number of hydrogen-bond donors (Lipinski definition) is 11. The second kappa shape index (κ2) is 29.9. The van der Waals surface area contributed by atoms with Crippen molar-refractivity contribution in [1.82, 2.24) is 0 Å². The van der Waals surface area contributed by atoms with Crippen LogP contribution in [0.5, 0.6) is 0 Å². The highest BCUT2D eigenvalue weighted by atomic mass is 16.7. The predicted octanol–water partition coefficient (Wildman–Crippen LogP) is 1.74. The van der Waals surface area contributed by atoms with E-state index in [-0.39, 0.29) is 63.9 Å². The third-order valence-electron chi connectivity index (χ3n) is 11.0. The Morgan fingerprint density at radius 2 is 1.29 bits per heavy atom. The molecule has 0 aromatic heterocycles. The van der Waals surface area contributed by atoms with E-state index in [1.165, 1.54) is 7.11 Å². The zero-order valence-electron chi connectivity index (χ0n) is 36.7. The molecule has 0 aromatic carbocycles. The highest BCUT2D eigenvalue weighted by Crippen LogP contribution is 2.29. The van der Waals surface area contributed by atoms with Crippen LogP contribution in [0.1, 0.15) is 84.5 Å². The first-order valence-electron chi connectivity index (χ1n) is 21.7. The van der Waals surface area contributed by atoms with Gasteiger partial charge in [-0.3, -0.25) is 9.59 Å². The van der Waals surface area contributed by atoms with Gasteiger partial charge in [0.05, 0.1) is 73.8 Å². The molecule has 0 aromatic rings. The van der Waals surface area contributed by atoms with E-state index in [0.29, 0.717) is 0 Å². The SMILES string of the molecule is COC1(O)CC[C@@H](C(=O)O)CCC(OC2OC[C@@H](O)[C@H](N)C2O)/C=C/C=C/C=C/C=C/C=C/C=C/C=C/[C@H](C)C(O)C[C@H](C)OC(=O)CC(O)CC(O)CCC(O)C(O)CC(O)C1.